The summed E-state index contributed by atoms with van der Waals surface area (Å²) >= 11 is 0. The zero-order valence-electron chi connectivity index (χ0n) is 26.4. The molecule has 4 fully saturated rings. The maximum absolute atomic E-state index is 13.8. The molecule has 2 bridgehead atoms. The van der Waals surface area contributed by atoms with Gasteiger partial charge in [-0.25, -0.2) is 19.3 Å². The zero-order chi connectivity index (χ0) is 32.2. The first-order valence-corrected chi connectivity index (χ1v) is 15.5. The number of alkyl carbamates (subject to hydrolysis) is 1. The number of hydrogen-bond acceptors (Lipinski definition) is 10. The molecule has 236 valence electrons. The minimum absolute atomic E-state index is 0.220. The van der Waals surface area contributed by atoms with Crippen LogP contribution in [0.4, 0.5) is 10.6 Å². The molecule has 0 aromatic carbocycles. The minimum Gasteiger partial charge on any atom is -0.481 e. The number of carbonyl (C=O) groups is 2. The number of piperazine rings is 1. The van der Waals surface area contributed by atoms with Crippen LogP contribution in [0.1, 0.15) is 61.5 Å². The smallest absolute Gasteiger partial charge is 0.408 e. The van der Waals surface area contributed by atoms with Crippen LogP contribution >= 0.6 is 0 Å². The van der Waals surface area contributed by atoms with E-state index in [0.29, 0.717) is 53.0 Å². The number of fused-ring (bicyclic) bond motifs is 3. The second-order valence-electron chi connectivity index (χ2n) is 13.4. The molecule has 4 aromatic rings. The van der Waals surface area contributed by atoms with Crippen LogP contribution in [0.5, 0.6) is 5.88 Å². The summed E-state index contributed by atoms with van der Waals surface area (Å²) < 4.78 is 12.2. The van der Waals surface area contributed by atoms with Crippen LogP contribution in [0.3, 0.4) is 0 Å². The van der Waals surface area contributed by atoms with E-state index in [-0.39, 0.29) is 5.78 Å². The number of anilines is 1. The van der Waals surface area contributed by atoms with Crippen LogP contribution in [0.25, 0.3) is 16.6 Å². The molecule has 8 rings (SSSR count). The van der Waals surface area contributed by atoms with Crippen molar-refractivity contribution in [3.05, 3.63) is 71.8 Å². The highest BCUT2D eigenvalue weighted by molar-refractivity contribution is 6.08. The number of nitrogens with one attached hydrogen (secondary N) is 1. The van der Waals surface area contributed by atoms with E-state index in [0.717, 1.165) is 31.0 Å². The molecule has 4 aliphatic rings. The molecule has 4 aromatic heterocycles. The van der Waals surface area contributed by atoms with E-state index in [9.17, 15) is 14.9 Å². The third kappa shape index (κ3) is 5.51. The summed E-state index contributed by atoms with van der Waals surface area (Å²) in [6, 6.07) is 12.8. The minimum atomic E-state index is -1.02. The molecule has 7 heterocycles. The molecule has 46 heavy (non-hydrogen) atoms. The molecule has 2 unspecified atom stereocenters. The molecule has 1 saturated carbocycles. The lowest BCUT2D eigenvalue weighted by Crippen LogP contribution is -2.68. The fourth-order valence-corrected chi connectivity index (χ4v) is 6.56. The summed E-state index contributed by atoms with van der Waals surface area (Å²) in [6.07, 6.45) is 8.36. The molecule has 12 heteroatoms. The molecule has 0 spiro atoms. The number of amides is 1. The van der Waals surface area contributed by atoms with Gasteiger partial charge >= 0.3 is 6.09 Å². The molecule has 0 radical (unpaired) electrons. The van der Waals surface area contributed by atoms with E-state index in [1.807, 2.05) is 24.4 Å². The second-order valence-corrected chi connectivity index (χ2v) is 13.4. The highest BCUT2D eigenvalue weighted by Gasteiger charge is 2.52. The van der Waals surface area contributed by atoms with Crippen molar-refractivity contribution in [3.8, 4) is 23.1 Å². The van der Waals surface area contributed by atoms with Gasteiger partial charge in [-0.15, -0.1) is 0 Å². The summed E-state index contributed by atoms with van der Waals surface area (Å²) in [5.74, 6) is 1.29. The number of hydrogen-bond donors (Lipinski definition) is 1. The highest BCUT2D eigenvalue weighted by Crippen LogP contribution is 2.40. The Kier molecular flexibility index (Phi) is 7.16. The highest BCUT2D eigenvalue weighted by atomic mass is 16.6. The third-order valence-electron chi connectivity index (χ3n) is 9.02. The Balaban J connectivity index is 1.10. The van der Waals surface area contributed by atoms with Crippen molar-refractivity contribution in [1.82, 2.24) is 29.8 Å². The Morgan fingerprint density at radius 1 is 1.09 bits per heavy atom. The number of pyridine rings is 3. The Hall–Kier alpha value is -5.02. The van der Waals surface area contributed by atoms with Crippen molar-refractivity contribution in [3.63, 3.8) is 0 Å². The summed E-state index contributed by atoms with van der Waals surface area (Å²) in [5.41, 5.74) is 2.29. The SMILES string of the molecule is COc1ccc(CN2C3CC2CN(c2ccc(-c4cc(C(=O)C5(NC(=O)OC(C)(C)C)CC5)cn5ncc(C#N)c45)cn2)C3)cn1. The van der Waals surface area contributed by atoms with Crippen LogP contribution in [-0.2, 0) is 11.3 Å². The molecule has 1 aliphatic carbocycles. The molecule has 3 aliphatic heterocycles. The number of methoxy groups -OCH3 is 1. The zero-order valence-corrected chi connectivity index (χ0v) is 26.4. The van der Waals surface area contributed by atoms with Crippen LogP contribution in [0, 0.1) is 11.3 Å². The molecule has 1 N–H and O–H groups in total. The Morgan fingerprint density at radius 2 is 1.87 bits per heavy atom. The third-order valence-corrected chi connectivity index (χ3v) is 9.02. The molecule has 1 amide bonds. The van der Waals surface area contributed by atoms with Gasteiger partial charge in [-0.05, 0) is 63.8 Å². The van der Waals surface area contributed by atoms with Gasteiger partial charge in [-0.2, -0.15) is 10.4 Å². The summed E-state index contributed by atoms with van der Waals surface area (Å²) in [7, 11) is 1.62. The van der Waals surface area contributed by atoms with Crippen LogP contribution in [-0.4, -0.2) is 79.8 Å². The maximum atomic E-state index is 13.8. The van der Waals surface area contributed by atoms with E-state index >= 15 is 0 Å². The van der Waals surface area contributed by atoms with Gasteiger partial charge in [0.25, 0.3) is 0 Å². The van der Waals surface area contributed by atoms with Crippen molar-refractivity contribution in [2.45, 2.75) is 69.8 Å². The average Bonchev–Trinajstić information content (AvgIpc) is 3.70. The number of aromatic nitrogens is 4. The van der Waals surface area contributed by atoms with E-state index in [2.05, 4.69) is 37.3 Å². The number of piperidine rings is 1. The normalized spacial score (nSPS) is 20.0. The van der Waals surface area contributed by atoms with Crippen molar-refractivity contribution < 1.29 is 19.1 Å². The van der Waals surface area contributed by atoms with Gasteiger partial charge in [0, 0.05) is 73.1 Å². The first-order chi connectivity index (χ1) is 22.1. The molecular weight excluding hydrogens is 584 g/mol. The quantitative estimate of drug-likeness (QED) is 0.283. The number of Topliss-reactive ketones (excluding diaryl/α,β-unsaturated/α-hetero) is 1. The van der Waals surface area contributed by atoms with E-state index in [4.69, 9.17) is 14.5 Å². The first-order valence-electron chi connectivity index (χ1n) is 15.5. The van der Waals surface area contributed by atoms with Gasteiger partial charge in [0.05, 0.1) is 24.4 Å². The molecule has 2 atom stereocenters. The van der Waals surface area contributed by atoms with Crippen LogP contribution < -0.4 is 15.0 Å². The number of ether oxygens (including phenoxy) is 2. The lowest BCUT2D eigenvalue weighted by atomic mass is 9.87. The summed E-state index contributed by atoms with van der Waals surface area (Å²) in [5, 5.41) is 17.0. The maximum Gasteiger partial charge on any atom is 0.408 e. The Morgan fingerprint density at radius 3 is 2.48 bits per heavy atom. The number of ketones is 1. The topological polar surface area (TPSA) is 138 Å². The number of rotatable bonds is 8. The van der Waals surface area contributed by atoms with Gasteiger partial charge in [-0.3, -0.25) is 9.69 Å². The summed E-state index contributed by atoms with van der Waals surface area (Å²) in [4.78, 5) is 40.3. The fraction of sp³-hybridized carbons (Fsp3) is 0.412. The largest absolute Gasteiger partial charge is 0.481 e. The molecule has 12 nitrogen and oxygen atoms in total. The van der Waals surface area contributed by atoms with Crippen molar-refractivity contribution in [2.24, 2.45) is 0 Å². The van der Waals surface area contributed by atoms with E-state index in [1.54, 1.807) is 50.9 Å². The van der Waals surface area contributed by atoms with E-state index < -0.39 is 17.2 Å². The monoisotopic (exact) mass is 620 g/mol. The number of nitriles is 1. The standard InChI is InChI=1S/C34H36N8O4/c1-33(2,3)46-32(44)39-34(9-10-34)31(43)23-11-27(30-24(13-35)16-38-42(30)18-23)22-6-7-28(36-15-22)40-19-25-12-26(20-40)41(25)17-21-5-8-29(45-4)37-14-21/h5-8,11,14-16,18,25-26H,9-10,12,17,19-20H2,1-4H3,(H,39,44). The summed E-state index contributed by atoms with van der Waals surface area (Å²) in [6.45, 7) is 7.97. The van der Waals surface area contributed by atoms with Crippen molar-refractivity contribution in [1.29, 1.82) is 5.26 Å². The molecular formula is C34H36N8O4. The Labute approximate surface area is 266 Å². The van der Waals surface area contributed by atoms with Gasteiger partial charge in [0.15, 0.2) is 5.78 Å². The lowest BCUT2D eigenvalue weighted by Gasteiger charge is -2.56. The van der Waals surface area contributed by atoms with Gasteiger partial charge < -0.3 is 19.7 Å². The van der Waals surface area contributed by atoms with Crippen molar-refractivity contribution in [2.75, 3.05) is 25.1 Å². The van der Waals surface area contributed by atoms with Crippen LogP contribution in [0.15, 0.2) is 55.1 Å². The fourth-order valence-electron chi connectivity index (χ4n) is 6.56. The predicted octanol–water partition coefficient (Wildman–Crippen LogP) is 4.37. The van der Waals surface area contributed by atoms with Crippen LogP contribution in [0.2, 0.25) is 0 Å². The number of carbonyl (C=O) groups excluding carboxylic acids is 2. The first kappa shape index (κ1) is 29.7. The molecule has 3 saturated heterocycles. The Bertz CT molecular complexity index is 1840. The van der Waals surface area contributed by atoms with E-state index in [1.165, 1.54) is 18.2 Å². The number of nitrogens with zero attached hydrogens (tertiary/aromatic N) is 7. The van der Waals surface area contributed by atoms with Gasteiger partial charge in [-0.1, -0.05) is 6.07 Å². The van der Waals surface area contributed by atoms with Gasteiger partial charge in [0.1, 0.15) is 23.0 Å². The lowest BCUT2D eigenvalue weighted by molar-refractivity contribution is -0.00876. The average molecular weight is 621 g/mol. The second kappa shape index (κ2) is 11.1. The predicted molar refractivity (Wildman–Crippen MR) is 170 cm³/mol. The van der Waals surface area contributed by atoms with Gasteiger partial charge in [0.2, 0.25) is 5.88 Å². The van der Waals surface area contributed by atoms with Crippen molar-refractivity contribution >= 4 is 23.2 Å².